The highest BCUT2D eigenvalue weighted by atomic mass is 32.1. The number of esters is 1. The Labute approximate surface area is 133 Å². The standard InChI is InChI=1S/C16H19NO4S/c1-4-19-12-6-8-13(9-7-12)21-10-14-17-11(3)15(22-14)16(18)20-5-2/h6-9H,4-5,10H2,1-3H3. The quantitative estimate of drug-likeness (QED) is 0.729. The number of thiazole rings is 1. The molecule has 0 saturated heterocycles. The fourth-order valence-electron chi connectivity index (χ4n) is 1.84. The van der Waals surface area contributed by atoms with Crippen molar-refractivity contribution in [2.24, 2.45) is 0 Å². The van der Waals surface area contributed by atoms with Gasteiger partial charge in [-0.05, 0) is 45.0 Å². The Hall–Kier alpha value is -2.08. The minimum Gasteiger partial charge on any atom is -0.494 e. The maximum atomic E-state index is 11.7. The van der Waals surface area contributed by atoms with Gasteiger partial charge in [-0.2, -0.15) is 0 Å². The lowest BCUT2D eigenvalue weighted by Gasteiger charge is -2.06. The first-order valence-corrected chi connectivity index (χ1v) is 7.94. The third-order valence-corrected chi connectivity index (χ3v) is 3.91. The van der Waals surface area contributed by atoms with Crippen LogP contribution in [0.25, 0.3) is 0 Å². The van der Waals surface area contributed by atoms with E-state index in [1.54, 1.807) is 13.8 Å². The number of carbonyl (C=O) groups is 1. The fraction of sp³-hybridized carbons (Fsp3) is 0.375. The van der Waals surface area contributed by atoms with Crippen LogP contribution in [0.5, 0.6) is 11.5 Å². The summed E-state index contributed by atoms with van der Waals surface area (Å²) in [5.41, 5.74) is 0.675. The van der Waals surface area contributed by atoms with Crippen LogP contribution in [0.1, 0.15) is 34.2 Å². The van der Waals surface area contributed by atoms with Gasteiger partial charge in [0.1, 0.15) is 28.0 Å². The van der Waals surface area contributed by atoms with Crippen LogP contribution in [0, 0.1) is 6.92 Å². The van der Waals surface area contributed by atoms with Crippen LogP contribution in [-0.4, -0.2) is 24.2 Å². The van der Waals surface area contributed by atoms with Gasteiger partial charge in [0.15, 0.2) is 0 Å². The van der Waals surface area contributed by atoms with Crippen LogP contribution in [0.3, 0.4) is 0 Å². The molecule has 6 heteroatoms. The molecule has 0 aliphatic carbocycles. The van der Waals surface area contributed by atoms with Crippen LogP contribution < -0.4 is 9.47 Å². The predicted molar refractivity (Wildman–Crippen MR) is 84.8 cm³/mol. The van der Waals surface area contributed by atoms with E-state index in [4.69, 9.17) is 14.2 Å². The van der Waals surface area contributed by atoms with Gasteiger partial charge in [0, 0.05) is 0 Å². The number of hydrogen-bond donors (Lipinski definition) is 0. The predicted octanol–water partition coefficient (Wildman–Crippen LogP) is 3.61. The van der Waals surface area contributed by atoms with E-state index in [2.05, 4.69) is 4.98 Å². The molecule has 118 valence electrons. The van der Waals surface area contributed by atoms with Gasteiger partial charge < -0.3 is 14.2 Å². The number of carbonyl (C=O) groups excluding carboxylic acids is 1. The second kappa shape index (κ2) is 7.79. The summed E-state index contributed by atoms with van der Waals surface area (Å²) in [6, 6.07) is 7.40. The van der Waals surface area contributed by atoms with E-state index in [0.717, 1.165) is 16.5 Å². The van der Waals surface area contributed by atoms with Crippen molar-refractivity contribution in [1.82, 2.24) is 4.98 Å². The van der Waals surface area contributed by atoms with Crippen molar-refractivity contribution < 1.29 is 19.0 Å². The molecular weight excluding hydrogens is 302 g/mol. The molecule has 1 heterocycles. The Morgan fingerprint density at radius 1 is 1.09 bits per heavy atom. The molecule has 1 aromatic carbocycles. The second-order valence-corrected chi connectivity index (χ2v) is 5.52. The molecule has 2 rings (SSSR count). The minimum atomic E-state index is -0.329. The van der Waals surface area contributed by atoms with Crippen molar-refractivity contribution in [1.29, 1.82) is 0 Å². The van der Waals surface area contributed by atoms with Gasteiger partial charge in [-0.15, -0.1) is 11.3 Å². The Morgan fingerprint density at radius 2 is 1.73 bits per heavy atom. The lowest BCUT2D eigenvalue weighted by molar-refractivity contribution is 0.0531. The van der Waals surface area contributed by atoms with Crippen LogP contribution in [0.2, 0.25) is 0 Å². The zero-order valence-electron chi connectivity index (χ0n) is 12.9. The normalized spacial score (nSPS) is 10.3. The first kappa shape index (κ1) is 16.3. The maximum absolute atomic E-state index is 11.7. The molecule has 0 atom stereocenters. The van der Waals surface area contributed by atoms with Crippen molar-refractivity contribution in [3.63, 3.8) is 0 Å². The van der Waals surface area contributed by atoms with Crippen LogP contribution in [-0.2, 0) is 11.3 Å². The van der Waals surface area contributed by atoms with Crippen molar-refractivity contribution in [3.05, 3.63) is 39.8 Å². The lowest BCUT2D eigenvalue weighted by Crippen LogP contribution is -2.03. The summed E-state index contributed by atoms with van der Waals surface area (Å²) in [6.45, 7) is 6.83. The van der Waals surface area contributed by atoms with Gasteiger partial charge in [-0.3, -0.25) is 0 Å². The molecule has 0 unspecified atom stereocenters. The molecule has 1 aromatic heterocycles. The van der Waals surface area contributed by atoms with E-state index in [-0.39, 0.29) is 5.97 Å². The second-order valence-electron chi connectivity index (χ2n) is 4.44. The fourth-order valence-corrected chi connectivity index (χ4v) is 2.72. The van der Waals surface area contributed by atoms with Gasteiger partial charge in [0.2, 0.25) is 0 Å². The molecule has 2 aromatic rings. The molecule has 0 saturated carbocycles. The van der Waals surface area contributed by atoms with Crippen molar-refractivity contribution in [2.45, 2.75) is 27.4 Å². The van der Waals surface area contributed by atoms with Crippen molar-refractivity contribution >= 4 is 17.3 Å². The molecule has 5 nitrogen and oxygen atoms in total. The highest BCUT2D eigenvalue weighted by Crippen LogP contribution is 2.22. The lowest BCUT2D eigenvalue weighted by atomic mass is 10.3. The summed E-state index contributed by atoms with van der Waals surface area (Å²) < 4.78 is 16.0. The summed E-state index contributed by atoms with van der Waals surface area (Å²) in [5.74, 6) is 1.21. The Bertz CT molecular complexity index is 622. The van der Waals surface area contributed by atoms with Crippen LogP contribution in [0.15, 0.2) is 24.3 Å². The smallest absolute Gasteiger partial charge is 0.350 e. The summed E-state index contributed by atoms with van der Waals surface area (Å²) in [7, 11) is 0. The molecule has 22 heavy (non-hydrogen) atoms. The minimum absolute atomic E-state index is 0.318. The van der Waals surface area contributed by atoms with Gasteiger partial charge in [0.25, 0.3) is 0 Å². The van der Waals surface area contributed by atoms with Crippen LogP contribution in [0.4, 0.5) is 0 Å². The van der Waals surface area contributed by atoms with E-state index in [9.17, 15) is 4.79 Å². The Balaban J connectivity index is 1.96. The summed E-state index contributed by atoms with van der Waals surface area (Å²) in [5, 5.41) is 0.745. The van der Waals surface area contributed by atoms with Gasteiger partial charge >= 0.3 is 5.97 Å². The number of ether oxygens (including phenoxy) is 3. The number of benzene rings is 1. The van der Waals surface area contributed by atoms with E-state index in [1.165, 1.54) is 11.3 Å². The van der Waals surface area contributed by atoms with Gasteiger partial charge in [0.05, 0.1) is 18.9 Å². The number of rotatable bonds is 7. The average Bonchev–Trinajstić information content (AvgIpc) is 2.88. The zero-order valence-corrected chi connectivity index (χ0v) is 13.7. The molecular formula is C16H19NO4S. The molecule has 0 aliphatic heterocycles. The van der Waals surface area contributed by atoms with E-state index >= 15 is 0 Å². The van der Waals surface area contributed by atoms with E-state index < -0.39 is 0 Å². The first-order chi connectivity index (χ1) is 10.6. The highest BCUT2D eigenvalue weighted by molar-refractivity contribution is 7.13. The molecule has 0 N–H and O–H groups in total. The SMILES string of the molecule is CCOC(=O)c1sc(COc2ccc(OCC)cc2)nc1C. The topological polar surface area (TPSA) is 57.7 Å². The number of aromatic nitrogens is 1. The summed E-state index contributed by atoms with van der Waals surface area (Å²) in [4.78, 5) is 16.6. The third-order valence-electron chi connectivity index (χ3n) is 2.80. The van der Waals surface area contributed by atoms with Crippen LogP contribution >= 0.6 is 11.3 Å². The molecule has 0 fully saturated rings. The largest absolute Gasteiger partial charge is 0.494 e. The molecule has 0 aliphatic rings. The molecule has 0 amide bonds. The van der Waals surface area contributed by atoms with Gasteiger partial charge in [-0.1, -0.05) is 0 Å². The van der Waals surface area contributed by atoms with Gasteiger partial charge in [-0.25, -0.2) is 9.78 Å². The summed E-state index contributed by atoms with van der Waals surface area (Å²) in [6.07, 6.45) is 0. The molecule has 0 radical (unpaired) electrons. The number of hydrogen-bond acceptors (Lipinski definition) is 6. The Kier molecular flexibility index (Phi) is 5.77. The number of aryl methyl sites for hydroxylation is 1. The monoisotopic (exact) mass is 321 g/mol. The van der Waals surface area contributed by atoms with E-state index in [1.807, 2.05) is 31.2 Å². The van der Waals surface area contributed by atoms with Crippen molar-refractivity contribution in [3.8, 4) is 11.5 Å². The zero-order chi connectivity index (χ0) is 15.9. The summed E-state index contributed by atoms with van der Waals surface area (Å²) >= 11 is 1.30. The average molecular weight is 321 g/mol. The van der Waals surface area contributed by atoms with Crippen molar-refractivity contribution in [2.75, 3.05) is 13.2 Å². The maximum Gasteiger partial charge on any atom is 0.350 e. The third kappa shape index (κ3) is 4.21. The Morgan fingerprint density at radius 3 is 2.32 bits per heavy atom. The molecule has 0 spiro atoms. The van der Waals surface area contributed by atoms with E-state index in [0.29, 0.717) is 30.4 Å². The number of nitrogens with zero attached hydrogens (tertiary/aromatic N) is 1. The first-order valence-electron chi connectivity index (χ1n) is 7.13. The highest BCUT2D eigenvalue weighted by Gasteiger charge is 2.16. The molecule has 0 bridgehead atoms.